The summed E-state index contributed by atoms with van der Waals surface area (Å²) < 4.78 is 14.8. The first kappa shape index (κ1) is 20.0. The van der Waals surface area contributed by atoms with E-state index < -0.39 is 0 Å². The normalized spacial score (nSPS) is 16.6. The molecule has 1 fully saturated rings. The highest BCUT2D eigenvalue weighted by atomic mass is 19.1. The fraction of sp³-hybridized carbons (Fsp3) is 0.364. The second-order valence-electron chi connectivity index (χ2n) is 7.85. The lowest BCUT2D eigenvalue weighted by Crippen LogP contribution is -2.40. The van der Waals surface area contributed by atoms with Gasteiger partial charge in [0.2, 0.25) is 5.91 Å². The van der Waals surface area contributed by atoms with E-state index >= 15 is 0 Å². The molecule has 0 bridgehead atoms. The van der Waals surface area contributed by atoms with Crippen molar-refractivity contribution in [3.8, 4) is 0 Å². The molecule has 0 unspecified atom stereocenters. The smallest absolute Gasteiger partial charge is 0.258 e. The third-order valence-electron chi connectivity index (χ3n) is 5.53. The number of benzene rings is 1. The Morgan fingerprint density at radius 2 is 1.97 bits per heavy atom. The number of hydrogen-bond donors (Lipinski definition) is 0. The maximum Gasteiger partial charge on any atom is 0.258 e. The van der Waals surface area contributed by atoms with E-state index in [0.717, 1.165) is 24.1 Å². The highest BCUT2D eigenvalue weighted by Gasteiger charge is 2.27. The Morgan fingerprint density at radius 1 is 1.20 bits per heavy atom. The van der Waals surface area contributed by atoms with Gasteiger partial charge in [0.1, 0.15) is 11.4 Å². The SMILES string of the molecule is CN(C)C(=O)c1cnn2c([C@@H]3CCCN(C(=O)Cc4ccc(F)cc4)C3)ccnc12. The zero-order valence-electron chi connectivity index (χ0n) is 17.1. The summed E-state index contributed by atoms with van der Waals surface area (Å²) in [4.78, 5) is 32.9. The van der Waals surface area contributed by atoms with Crippen LogP contribution < -0.4 is 0 Å². The molecule has 0 radical (unpaired) electrons. The van der Waals surface area contributed by atoms with Crippen molar-refractivity contribution in [2.45, 2.75) is 25.2 Å². The Bertz CT molecular complexity index is 1080. The second-order valence-corrected chi connectivity index (χ2v) is 7.85. The molecular weight excluding hydrogens is 385 g/mol. The van der Waals surface area contributed by atoms with E-state index in [0.29, 0.717) is 24.3 Å². The van der Waals surface area contributed by atoms with Crippen molar-refractivity contribution in [2.24, 2.45) is 0 Å². The van der Waals surface area contributed by atoms with Crippen LogP contribution in [-0.4, -0.2) is 63.4 Å². The predicted octanol–water partition coefficient (Wildman–Crippen LogP) is 2.52. The van der Waals surface area contributed by atoms with Crippen LogP contribution in [0.4, 0.5) is 4.39 Å². The van der Waals surface area contributed by atoms with Gasteiger partial charge in [-0.2, -0.15) is 5.10 Å². The van der Waals surface area contributed by atoms with Crippen LogP contribution in [0.15, 0.2) is 42.7 Å². The van der Waals surface area contributed by atoms with E-state index in [1.54, 1.807) is 43.1 Å². The molecule has 2 amide bonds. The Labute approximate surface area is 174 Å². The standard InChI is InChI=1S/C22H24FN5O2/c1-26(2)22(30)18-13-25-28-19(9-10-24-21(18)28)16-4-3-11-27(14-16)20(29)12-15-5-7-17(23)8-6-15/h5-10,13,16H,3-4,11-12,14H2,1-2H3/t16-/m1/s1. The lowest BCUT2D eigenvalue weighted by Gasteiger charge is -2.33. The molecule has 0 spiro atoms. The first-order chi connectivity index (χ1) is 14.4. The highest BCUT2D eigenvalue weighted by Crippen LogP contribution is 2.28. The van der Waals surface area contributed by atoms with Crippen molar-refractivity contribution in [3.05, 3.63) is 65.4 Å². The van der Waals surface area contributed by atoms with E-state index in [4.69, 9.17) is 0 Å². The van der Waals surface area contributed by atoms with Gasteiger partial charge in [0.05, 0.1) is 18.3 Å². The Hall–Kier alpha value is -3.29. The summed E-state index contributed by atoms with van der Waals surface area (Å²) in [5.74, 6) is -0.323. The third kappa shape index (κ3) is 3.90. The summed E-state index contributed by atoms with van der Waals surface area (Å²) in [5.41, 5.74) is 2.73. The predicted molar refractivity (Wildman–Crippen MR) is 110 cm³/mol. The van der Waals surface area contributed by atoms with Gasteiger partial charge >= 0.3 is 0 Å². The lowest BCUT2D eigenvalue weighted by molar-refractivity contribution is -0.131. The monoisotopic (exact) mass is 409 g/mol. The number of carbonyl (C=O) groups excluding carboxylic acids is 2. The Morgan fingerprint density at radius 3 is 2.70 bits per heavy atom. The molecule has 1 aliphatic heterocycles. The number of halogens is 1. The number of fused-ring (bicyclic) bond motifs is 1. The summed E-state index contributed by atoms with van der Waals surface area (Å²) in [6, 6.07) is 7.95. The Balaban J connectivity index is 1.54. The fourth-order valence-electron chi connectivity index (χ4n) is 3.94. The van der Waals surface area contributed by atoms with Gasteiger partial charge < -0.3 is 9.80 Å². The van der Waals surface area contributed by atoms with Gasteiger partial charge in [0, 0.05) is 39.3 Å². The van der Waals surface area contributed by atoms with E-state index in [9.17, 15) is 14.0 Å². The summed E-state index contributed by atoms with van der Waals surface area (Å²) in [5, 5.41) is 4.41. The van der Waals surface area contributed by atoms with Crippen molar-refractivity contribution in [1.82, 2.24) is 24.4 Å². The van der Waals surface area contributed by atoms with Gasteiger partial charge in [-0.3, -0.25) is 9.59 Å². The minimum absolute atomic E-state index is 0.0283. The summed E-state index contributed by atoms with van der Waals surface area (Å²) in [7, 11) is 3.39. The number of aromatic nitrogens is 3. The van der Waals surface area contributed by atoms with Crippen LogP contribution in [0.2, 0.25) is 0 Å². The minimum atomic E-state index is -0.308. The largest absolute Gasteiger partial charge is 0.345 e. The zero-order chi connectivity index (χ0) is 21.3. The van der Waals surface area contributed by atoms with Crippen LogP contribution in [0.1, 0.15) is 40.4 Å². The maximum absolute atomic E-state index is 13.1. The van der Waals surface area contributed by atoms with E-state index in [1.807, 2.05) is 11.0 Å². The first-order valence-corrected chi connectivity index (χ1v) is 10.0. The van der Waals surface area contributed by atoms with Gasteiger partial charge in [0.25, 0.3) is 5.91 Å². The molecule has 1 aliphatic rings. The highest BCUT2D eigenvalue weighted by molar-refractivity contribution is 5.99. The molecule has 0 N–H and O–H groups in total. The molecule has 3 heterocycles. The van der Waals surface area contributed by atoms with Gasteiger partial charge in [-0.1, -0.05) is 12.1 Å². The number of amides is 2. The maximum atomic E-state index is 13.1. The first-order valence-electron chi connectivity index (χ1n) is 10.0. The molecule has 4 rings (SSSR count). The van der Waals surface area contributed by atoms with Crippen LogP contribution in [0.25, 0.3) is 5.65 Å². The third-order valence-corrected chi connectivity index (χ3v) is 5.53. The van der Waals surface area contributed by atoms with Crippen LogP contribution in [-0.2, 0) is 11.2 Å². The van der Waals surface area contributed by atoms with Gasteiger partial charge in [-0.05, 0) is 36.6 Å². The number of likely N-dealkylation sites (tertiary alicyclic amines) is 1. The molecule has 1 aromatic carbocycles. The molecule has 8 heteroatoms. The van der Waals surface area contributed by atoms with Crippen molar-refractivity contribution in [1.29, 1.82) is 0 Å². The molecule has 0 aliphatic carbocycles. The molecule has 0 saturated carbocycles. The topological polar surface area (TPSA) is 70.8 Å². The second kappa shape index (κ2) is 8.22. The molecule has 1 atom stereocenters. The van der Waals surface area contributed by atoms with Crippen LogP contribution in [0, 0.1) is 5.82 Å². The molecule has 30 heavy (non-hydrogen) atoms. The summed E-state index contributed by atoms with van der Waals surface area (Å²) in [6.45, 7) is 1.28. The number of nitrogens with zero attached hydrogens (tertiary/aromatic N) is 5. The van der Waals surface area contributed by atoms with Crippen LogP contribution in [0.3, 0.4) is 0 Å². The molecule has 2 aromatic heterocycles. The lowest BCUT2D eigenvalue weighted by atomic mass is 9.94. The average Bonchev–Trinajstić information content (AvgIpc) is 3.19. The zero-order valence-corrected chi connectivity index (χ0v) is 17.1. The van der Waals surface area contributed by atoms with E-state index in [2.05, 4.69) is 10.1 Å². The Kier molecular flexibility index (Phi) is 5.48. The molecular formula is C22H24FN5O2. The van der Waals surface area contributed by atoms with Crippen molar-refractivity contribution in [2.75, 3.05) is 27.2 Å². The number of hydrogen-bond acceptors (Lipinski definition) is 4. The van der Waals surface area contributed by atoms with Crippen LogP contribution in [0.5, 0.6) is 0 Å². The number of rotatable bonds is 4. The molecule has 3 aromatic rings. The quantitative estimate of drug-likeness (QED) is 0.664. The minimum Gasteiger partial charge on any atom is -0.345 e. The number of piperidine rings is 1. The number of carbonyl (C=O) groups is 2. The molecule has 1 saturated heterocycles. The average molecular weight is 409 g/mol. The van der Waals surface area contributed by atoms with E-state index in [1.165, 1.54) is 17.0 Å². The summed E-state index contributed by atoms with van der Waals surface area (Å²) >= 11 is 0. The molecule has 7 nitrogen and oxygen atoms in total. The van der Waals surface area contributed by atoms with Gasteiger partial charge in [-0.25, -0.2) is 13.9 Å². The van der Waals surface area contributed by atoms with Crippen molar-refractivity contribution < 1.29 is 14.0 Å². The van der Waals surface area contributed by atoms with Gasteiger partial charge in [-0.15, -0.1) is 0 Å². The molecule has 156 valence electrons. The van der Waals surface area contributed by atoms with Crippen LogP contribution >= 0.6 is 0 Å². The van der Waals surface area contributed by atoms with Crippen molar-refractivity contribution >= 4 is 17.5 Å². The van der Waals surface area contributed by atoms with Crippen molar-refractivity contribution in [3.63, 3.8) is 0 Å². The van der Waals surface area contributed by atoms with Gasteiger partial charge in [0.15, 0.2) is 5.65 Å². The van der Waals surface area contributed by atoms with E-state index in [-0.39, 0.29) is 30.0 Å². The summed E-state index contributed by atoms with van der Waals surface area (Å²) in [6.07, 6.45) is 5.30. The fourth-order valence-corrected chi connectivity index (χ4v) is 3.94.